The number of fused-ring (bicyclic) bond motifs is 1. The largest absolute Gasteiger partial charge is 0.491 e. The number of amides is 3. The Kier molecular flexibility index (Phi) is 5.03. The molecule has 1 fully saturated rings. The fraction of sp³-hybridized carbons (Fsp3) is 0.250. The Labute approximate surface area is 165 Å². The lowest BCUT2D eigenvalue weighted by Crippen LogP contribution is -2.33. The highest BCUT2D eigenvalue weighted by atomic mass is 19.1. The van der Waals surface area contributed by atoms with Crippen LogP contribution in [0.5, 0.6) is 5.75 Å². The maximum Gasteiger partial charge on any atom is 0.410 e. The number of carbonyl (C=O) groups excluding carboxylic acids is 3. The molecule has 8 nitrogen and oxygen atoms in total. The standard InChI is InChI=1S/C20H18FN3O5/c21-14-8-13(19(26)23-16-3-1-2-12-4-6-28-18(12)16)9-15(10-14)22-17(25)11-24-5-7-29-20(24)27/h1-3,8-10H,4-7,11H2,(H,22,25)(H,23,26). The van der Waals surface area contributed by atoms with Crippen LogP contribution in [0.1, 0.15) is 15.9 Å². The summed E-state index contributed by atoms with van der Waals surface area (Å²) in [5, 5.41) is 5.22. The number of hydrogen-bond acceptors (Lipinski definition) is 5. The number of benzene rings is 2. The highest BCUT2D eigenvalue weighted by molar-refractivity contribution is 6.06. The van der Waals surface area contributed by atoms with Gasteiger partial charge in [-0.25, -0.2) is 9.18 Å². The summed E-state index contributed by atoms with van der Waals surface area (Å²) in [4.78, 5) is 37.4. The van der Waals surface area contributed by atoms with Gasteiger partial charge in [-0.2, -0.15) is 0 Å². The van der Waals surface area contributed by atoms with Gasteiger partial charge in [0, 0.05) is 17.7 Å². The molecule has 0 atom stereocenters. The van der Waals surface area contributed by atoms with Crippen molar-refractivity contribution >= 4 is 29.3 Å². The van der Waals surface area contributed by atoms with Gasteiger partial charge >= 0.3 is 6.09 Å². The van der Waals surface area contributed by atoms with Crippen LogP contribution in [0.15, 0.2) is 36.4 Å². The third kappa shape index (κ3) is 4.13. The summed E-state index contributed by atoms with van der Waals surface area (Å²) in [5.41, 5.74) is 1.65. The van der Waals surface area contributed by atoms with Crippen LogP contribution in [0.2, 0.25) is 0 Å². The second kappa shape index (κ2) is 7.78. The van der Waals surface area contributed by atoms with E-state index in [0.717, 1.165) is 24.1 Å². The first kappa shape index (κ1) is 18.7. The summed E-state index contributed by atoms with van der Waals surface area (Å²) >= 11 is 0. The smallest absolute Gasteiger partial charge is 0.410 e. The monoisotopic (exact) mass is 399 g/mol. The fourth-order valence-electron chi connectivity index (χ4n) is 3.24. The van der Waals surface area contributed by atoms with Crippen molar-refractivity contribution in [1.82, 2.24) is 4.90 Å². The normalized spacial score (nSPS) is 14.8. The van der Waals surface area contributed by atoms with Gasteiger partial charge in [-0.15, -0.1) is 0 Å². The zero-order chi connectivity index (χ0) is 20.4. The number of anilines is 2. The number of rotatable bonds is 5. The molecule has 2 aliphatic heterocycles. The Hall–Kier alpha value is -3.62. The van der Waals surface area contributed by atoms with Gasteiger partial charge in [-0.1, -0.05) is 12.1 Å². The Morgan fingerprint density at radius 2 is 1.97 bits per heavy atom. The van der Waals surface area contributed by atoms with Gasteiger partial charge in [0.2, 0.25) is 5.91 Å². The molecular formula is C20H18FN3O5. The maximum atomic E-state index is 14.0. The van der Waals surface area contributed by atoms with Crippen LogP contribution in [0.3, 0.4) is 0 Å². The Bertz CT molecular complexity index is 994. The molecule has 3 amide bonds. The minimum absolute atomic E-state index is 0.0384. The molecule has 150 valence electrons. The minimum atomic E-state index is -0.678. The quantitative estimate of drug-likeness (QED) is 0.805. The van der Waals surface area contributed by atoms with Crippen molar-refractivity contribution in [2.45, 2.75) is 6.42 Å². The third-order valence-electron chi connectivity index (χ3n) is 4.59. The van der Waals surface area contributed by atoms with Crippen molar-refractivity contribution in [2.75, 3.05) is 36.9 Å². The molecule has 4 rings (SSSR count). The number of nitrogens with one attached hydrogen (secondary N) is 2. The molecule has 1 saturated heterocycles. The number of nitrogens with zero attached hydrogens (tertiary/aromatic N) is 1. The lowest BCUT2D eigenvalue weighted by Gasteiger charge is -2.13. The van der Waals surface area contributed by atoms with E-state index in [1.165, 1.54) is 11.0 Å². The summed E-state index contributed by atoms with van der Waals surface area (Å²) in [5.74, 6) is -1.12. The van der Waals surface area contributed by atoms with Crippen molar-refractivity contribution in [2.24, 2.45) is 0 Å². The zero-order valence-electron chi connectivity index (χ0n) is 15.4. The Morgan fingerprint density at radius 3 is 2.76 bits per heavy atom. The first-order valence-electron chi connectivity index (χ1n) is 9.08. The van der Waals surface area contributed by atoms with E-state index in [2.05, 4.69) is 10.6 Å². The second-order valence-corrected chi connectivity index (χ2v) is 6.66. The van der Waals surface area contributed by atoms with E-state index >= 15 is 0 Å². The summed E-state index contributed by atoms with van der Waals surface area (Å²) in [7, 11) is 0. The average Bonchev–Trinajstić information content (AvgIpc) is 3.31. The molecule has 2 N–H and O–H groups in total. The van der Waals surface area contributed by atoms with Gasteiger partial charge in [0.25, 0.3) is 5.91 Å². The van der Waals surface area contributed by atoms with E-state index in [9.17, 15) is 18.8 Å². The Balaban J connectivity index is 1.46. The molecule has 2 heterocycles. The fourth-order valence-corrected chi connectivity index (χ4v) is 3.24. The highest BCUT2D eigenvalue weighted by Gasteiger charge is 2.24. The summed E-state index contributed by atoms with van der Waals surface area (Å²) in [6, 6.07) is 8.97. The van der Waals surface area contributed by atoms with E-state index in [1.54, 1.807) is 6.07 Å². The van der Waals surface area contributed by atoms with Crippen molar-refractivity contribution in [3.63, 3.8) is 0 Å². The first-order valence-corrected chi connectivity index (χ1v) is 9.08. The predicted octanol–water partition coefficient (Wildman–Crippen LogP) is 2.40. The third-order valence-corrected chi connectivity index (χ3v) is 4.59. The summed E-state index contributed by atoms with van der Waals surface area (Å²) in [6.07, 6.45) is 0.191. The van der Waals surface area contributed by atoms with E-state index in [-0.39, 0.29) is 24.4 Å². The van der Waals surface area contributed by atoms with Gasteiger partial charge in [-0.05, 0) is 29.8 Å². The number of cyclic esters (lactones) is 1. The summed E-state index contributed by atoms with van der Waals surface area (Å²) in [6.45, 7) is 0.864. The number of para-hydroxylation sites is 1. The molecule has 0 bridgehead atoms. The van der Waals surface area contributed by atoms with Crippen molar-refractivity contribution < 1.29 is 28.2 Å². The number of ether oxygens (including phenoxy) is 2. The molecule has 0 aliphatic carbocycles. The molecule has 2 aromatic carbocycles. The topological polar surface area (TPSA) is 97.0 Å². The zero-order valence-corrected chi connectivity index (χ0v) is 15.4. The van der Waals surface area contributed by atoms with Crippen LogP contribution in [-0.4, -0.2) is 49.1 Å². The molecule has 9 heteroatoms. The molecule has 0 aromatic heterocycles. The van der Waals surface area contributed by atoms with E-state index in [1.807, 2.05) is 12.1 Å². The van der Waals surface area contributed by atoms with Crippen molar-refractivity contribution in [3.8, 4) is 5.75 Å². The van der Waals surface area contributed by atoms with Gasteiger partial charge in [0.15, 0.2) is 0 Å². The average molecular weight is 399 g/mol. The van der Waals surface area contributed by atoms with Crippen molar-refractivity contribution in [3.05, 3.63) is 53.3 Å². The van der Waals surface area contributed by atoms with Crippen LogP contribution < -0.4 is 15.4 Å². The molecule has 0 unspecified atom stereocenters. The van der Waals surface area contributed by atoms with Gasteiger partial charge in [0.05, 0.1) is 18.8 Å². The van der Waals surface area contributed by atoms with Crippen LogP contribution in [0.4, 0.5) is 20.6 Å². The molecule has 2 aliphatic rings. The Morgan fingerprint density at radius 1 is 1.10 bits per heavy atom. The number of carbonyl (C=O) groups is 3. The number of halogens is 1. The number of hydrogen-bond donors (Lipinski definition) is 2. The molecular weight excluding hydrogens is 381 g/mol. The van der Waals surface area contributed by atoms with E-state index < -0.39 is 23.7 Å². The SMILES string of the molecule is O=C(CN1CCOC1=O)Nc1cc(F)cc(C(=O)Nc2cccc3c2OCC3)c1. The van der Waals surface area contributed by atoms with E-state index in [4.69, 9.17) is 9.47 Å². The van der Waals surface area contributed by atoms with E-state index in [0.29, 0.717) is 24.6 Å². The van der Waals surface area contributed by atoms with Crippen LogP contribution >= 0.6 is 0 Å². The minimum Gasteiger partial charge on any atom is -0.491 e. The molecule has 0 radical (unpaired) electrons. The van der Waals surface area contributed by atoms with Gasteiger partial charge in [-0.3, -0.25) is 14.5 Å². The first-order chi connectivity index (χ1) is 14.0. The van der Waals surface area contributed by atoms with Crippen LogP contribution in [0, 0.1) is 5.82 Å². The maximum absolute atomic E-state index is 14.0. The lowest BCUT2D eigenvalue weighted by molar-refractivity contribution is -0.116. The highest BCUT2D eigenvalue weighted by Crippen LogP contribution is 2.33. The molecule has 29 heavy (non-hydrogen) atoms. The molecule has 0 spiro atoms. The summed E-state index contributed by atoms with van der Waals surface area (Å²) < 4.78 is 24.3. The van der Waals surface area contributed by atoms with Crippen LogP contribution in [0.25, 0.3) is 0 Å². The molecule has 2 aromatic rings. The van der Waals surface area contributed by atoms with Gasteiger partial charge in [0.1, 0.15) is 24.7 Å². The predicted molar refractivity (Wildman–Crippen MR) is 102 cm³/mol. The second-order valence-electron chi connectivity index (χ2n) is 6.66. The van der Waals surface area contributed by atoms with Gasteiger partial charge < -0.3 is 20.1 Å². The lowest BCUT2D eigenvalue weighted by atomic mass is 10.1. The van der Waals surface area contributed by atoms with Crippen molar-refractivity contribution in [1.29, 1.82) is 0 Å². The van der Waals surface area contributed by atoms with Crippen LogP contribution in [-0.2, 0) is 16.0 Å². The molecule has 0 saturated carbocycles.